The maximum Gasteiger partial charge on any atom is 0.0447 e. The lowest BCUT2D eigenvalue weighted by Crippen LogP contribution is -2.20. The van der Waals surface area contributed by atoms with Gasteiger partial charge in [-0.15, -0.1) is 0 Å². The summed E-state index contributed by atoms with van der Waals surface area (Å²) in [7, 11) is 0. The van der Waals surface area contributed by atoms with Crippen LogP contribution in [0.3, 0.4) is 0 Å². The highest BCUT2D eigenvalue weighted by Crippen LogP contribution is 2.32. The van der Waals surface area contributed by atoms with Crippen molar-refractivity contribution in [1.82, 2.24) is 19.9 Å². The van der Waals surface area contributed by atoms with Gasteiger partial charge < -0.3 is 19.9 Å². The minimum atomic E-state index is -0.146. The van der Waals surface area contributed by atoms with Crippen molar-refractivity contribution >= 4 is 24.3 Å². The van der Waals surface area contributed by atoms with Gasteiger partial charge in [-0.3, -0.25) is 0 Å². The zero-order chi connectivity index (χ0) is 20.9. The minimum Gasteiger partial charge on any atom is -0.358 e. The Morgan fingerprint density at radius 1 is 0.400 bits per heavy atom. The molecule has 4 heteroatoms. The highest BCUT2D eigenvalue weighted by Gasteiger charge is 2.27. The third-order valence-electron chi connectivity index (χ3n) is 6.41. The molecule has 1 aliphatic rings. The molecule has 4 aromatic heterocycles. The van der Waals surface area contributed by atoms with Crippen LogP contribution in [0.5, 0.6) is 0 Å². The van der Waals surface area contributed by atoms with E-state index in [0.29, 0.717) is 0 Å². The Labute approximate surface area is 177 Å². The summed E-state index contributed by atoms with van der Waals surface area (Å²) in [4.78, 5) is 14.3. The van der Waals surface area contributed by atoms with Crippen molar-refractivity contribution in [2.24, 2.45) is 0 Å². The van der Waals surface area contributed by atoms with E-state index in [1.807, 2.05) is 0 Å². The zero-order valence-corrected chi connectivity index (χ0v) is 17.9. The Balaban J connectivity index is 1.63. The first kappa shape index (κ1) is 18.6. The van der Waals surface area contributed by atoms with E-state index in [1.165, 1.54) is 22.8 Å². The van der Waals surface area contributed by atoms with E-state index in [2.05, 4.69) is 120 Å². The molecule has 0 unspecified atom stereocenters. The van der Waals surface area contributed by atoms with Gasteiger partial charge in [-0.05, 0) is 101 Å². The van der Waals surface area contributed by atoms with Crippen LogP contribution in [0.1, 0.15) is 73.2 Å². The predicted octanol–water partition coefficient (Wildman–Crippen LogP) is 6.31. The van der Waals surface area contributed by atoms with E-state index in [4.69, 9.17) is 0 Å². The lowest BCUT2D eigenvalue weighted by atomic mass is 9.86. The van der Waals surface area contributed by atoms with Crippen molar-refractivity contribution in [3.8, 4) is 0 Å². The van der Waals surface area contributed by atoms with Gasteiger partial charge in [0.05, 0.1) is 0 Å². The molecule has 0 saturated heterocycles. The van der Waals surface area contributed by atoms with Gasteiger partial charge in [0.25, 0.3) is 0 Å². The van der Waals surface area contributed by atoms with Gasteiger partial charge in [0, 0.05) is 56.4 Å². The molecule has 0 fully saturated rings. The van der Waals surface area contributed by atoms with Gasteiger partial charge in [0.15, 0.2) is 0 Å². The Morgan fingerprint density at radius 3 is 0.867 bits per heavy atom. The highest BCUT2D eigenvalue weighted by molar-refractivity contribution is 5.68. The fourth-order valence-electron chi connectivity index (χ4n) is 4.14. The molecule has 30 heavy (non-hydrogen) atoms. The number of rotatable bonds is 0. The number of nitrogens with one attached hydrogen (secondary N) is 4. The lowest BCUT2D eigenvalue weighted by molar-refractivity contribution is 0.602. The normalized spacial score (nSPS) is 19.1. The van der Waals surface area contributed by atoms with Crippen LogP contribution in [0.2, 0.25) is 0 Å². The maximum atomic E-state index is 3.58. The molecule has 152 valence electrons. The first-order valence-electron chi connectivity index (χ1n) is 10.5. The number of aromatic amines is 4. The number of hydrogen-bond acceptors (Lipinski definition) is 0. The zero-order valence-electron chi connectivity index (χ0n) is 17.9. The van der Waals surface area contributed by atoms with Crippen LogP contribution in [0.25, 0.3) is 24.3 Å². The Kier molecular flexibility index (Phi) is 4.07. The summed E-state index contributed by atoms with van der Waals surface area (Å²) in [5.41, 5.74) is 8.81. The third kappa shape index (κ3) is 3.09. The van der Waals surface area contributed by atoms with Crippen molar-refractivity contribution < 1.29 is 0 Å². The first-order chi connectivity index (χ1) is 14.3. The molecule has 4 N–H and O–H groups in total. The van der Waals surface area contributed by atoms with Crippen molar-refractivity contribution in [3.05, 3.63) is 94.1 Å². The van der Waals surface area contributed by atoms with Crippen molar-refractivity contribution in [2.75, 3.05) is 0 Å². The molecule has 4 nitrogen and oxygen atoms in total. The molecule has 8 bridgehead atoms. The largest absolute Gasteiger partial charge is 0.358 e. The molecule has 0 atom stereocenters. The fraction of sp³-hybridized carbons (Fsp3) is 0.231. The van der Waals surface area contributed by atoms with Crippen LogP contribution in [-0.2, 0) is 10.8 Å². The predicted molar refractivity (Wildman–Crippen MR) is 125 cm³/mol. The van der Waals surface area contributed by atoms with E-state index in [0.717, 1.165) is 22.8 Å². The molecule has 0 radical (unpaired) electrons. The molecule has 1 aliphatic heterocycles. The summed E-state index contributed by atoms with van der Waals surface area (Å²) in [5.74, 6) is 0. The van der Waals surface area contributed by atoms with Gasteiger partial charge >= 0.3 is 0 Å². The summed E-state index contributed by atoms with van der Waals surface area (Å²) in [5, 5.41) is 0. The van der Waals surface area contributed by atoms with E-state index < -0.39 is 0 Å². The second kappa shape index (κ2) is 6.56. The second-order valence-corrected chi connectivity index (χ2v) is 9.23. The van der Waals surface area contributed by atoms with Gasteiger partial charge in [0.2, 0.25) is 0 Å². The van der Waals surface area contributed by atoms with Crippen molar-refractivity contribution in [3.63, 3.8) is 0 Å². The molecule has 5 rings (SSSR count). The molecule has 0 aromatic carbocycles. The molecule has 0 aliphatic carbocycles. The average Bonchev–Trinajstić information content (AvgIpc) is 3.51. The van der Waals surface area contributed by atoms with Gasteiger partial charge in [-0.25, -0.2) is 0 Å². The van der Waals surface area contributed by atoms with Crippen molar-refractivity contribution in [1.29, 1.82) is 0 Å². The Hall–Kier alpha value is -3.40. The van der Waals surface area contributed by atoms with Crippen LogP contribution >= 0.6 is 0 Å². The van der Waals surface area contributed by atoms with E-state index in [1.54, 1.807) is 0 Å². The summed E-state index contributed by atoms with van der Waals surface area (Å²) in [6, 6.07) is 17.3. The molecule has 0 amide bonds. The summed E-state index contributed by atoms with van der Waals surface area (Å²) in [6.45, 7) is 8.95. The number of hydrogen-bond donors (Lipinski definition) is 4. The molecule has 5 heterocycles. The SMILES string of the molecule is CC1(C)c2ccc([nH]2)/C=C\c2ccc([nH]2)C(C)(C)c2ccc([nH]2)/C=C\c2ccc1[nH]2. The van der Waals surface area contributed by atoms with E-state index in [9.17, 15) is 0 Å². The lowest BCUT2D eigenvalue weighted by Gasteiger charge is -2.22. The summed E-state index contributed by atoms with van der Waals surface area (Å²) in [6.07, 6.45) is 8.50. The minimum absolute atomic E-state index is 0.146. The number of H-pyrrole nitrogens is 4. The first-order valence-corrected chi connectivity index (χ1v) is 10.5. The molecule has 0 spiro atoms. The smallest absolute Gasteiger partial charge is 0.0447 e. The van der Waals surface area contributed by atoms with E-state index in [-0.39, 0.29) is 10.8 Å². The van der Waals surface area contributed by atoms with E-state index >= 15 is 0 Å². The van der Waals surface area contributed by atoms with Gasteiger partial charge in [-0.1, -0.05) is 0 Å². The standard InChI is InChI=1S/C26H28N4/c1-25(2)21-13-9-17(27-21)5-7-19-11-15-23(29-19)26(3,4)24-16-12-20(30-24)8-6-18-10-14-22(25)28-18/h5-16,27-30H,1-4H3/b7-5-,8-6-. The van der Waals surface area contributed by atoms with Gasteiger partial charge in [0.1, 0.15) is 0 Å². The van der Waals surface area contributed by atoms with Crippen LogP contribution in [0.15, 0.2) is 48.5 Å². The Bertz CT molecular complexity index is 1060. The highest BCUT2D eigenvalue weighted by atomic mass is 14.8. The number of aromatic nitrogens is 4. The van der Waals surface area contributed by atoms with Gasteiger partial charge in [-0.2, -0.15) is 0 Å². The molecular formula is C26H28N4. The van der Waals surface area contributed by atoms with Crippen LogP contribution < -0.4 is 0 Å². The summed E-state index contributed by atoms with van der Waals surface area (Å²) >= 11 is 0. The second-order valence-electron chi connectivity index (χ2n) is 9.23. The van der Waals surface area contributed by atoms with Crippen LogP contribution in [0.4, 0.5) is 0 Å². The average molecular weight is 397 g/mol. The van der Waals surface area contributed by atoms with Crippen LogP contribution in [-0.4, -0.2) is 19.9 Å². The maximum absolute atomic E-state index is 3.58. The summed E-state index contributed by atoms with van der Waals surface area (Å²) < 4.78 is 0. The Morgan fingerprint density at radius 2 is 0.633 bits per heavy atom. The number of fused-ring (bicyclic) bond motifs is 8. The molecular weight excluding hydrogens is 368 g/mol. The van der Waals surface area contributed by atoms with Crippen LogP contribution in [0, 0.1) is 0 Å². The van der Waals surface area contributed by atoms with Crippen molar-refractivity contribution in [2.45, 2.75) is 38.5 Å². The molecule has 0 saturated carbocycles. The molecule has 4 aromatic rings. The fourth-order valence-corrected chi connectivity index (χ4v) is 4.14. The topological polar surface area (TPSA) is 63.2 Å². The monoisotopic (exact) mass is 396 g/mol. The third-order valence-corrected chi connectivity index (χ3v) is 6.41. The quantitative estimate of drug-likeness (QED) is 0.269.